The van der Waals surface area contributed by atoms with Crippen molar-refractivity contribution < 1.29 is 9.47 Å². The van der Waals surface area contributed by atoms with Crippen LogP contribution in [0.1, 0.15) is 27.2 Å². The van der Waals surface area contributed by atoms with Gasteiger partial charge in [-0.3, -0.25) is 4.90 Å². The van der Waals surface area contributed by atoms with Gasteiger partial charge in [-0.25, -0.2) is 0 Å². The molecule has 2 atom stereocenters. The Bertz CT molecular complexity index is 202. The molecule has 4 heteroatoms. The first-order valence-corrected chi connectivity index (χ1v) is 6.89. The van der Waals surface area contributed by atoms with Gasteiger partial charge in [-0.2, -0.15) is 0 Å². The molecule has 18 heavy (non-hydrogen) atoms. The maximum atomic E-state index is 5.27. The minimum absolute atomic E-state index is 0.296. The number of methoxy groups -OCH3 is 2. The van der Waals surface area contributed by atoms with Gasteiger partial charge in [-0.05, 0) is 25.8 Å². The molecule has 0 aromatic carbocycles. The fraction of sp³-hybridized carbons (Fsp3) is 1.00. The molecule has 2 unspecified atom stereocenters. The summed E-state index contributed by atoms with van der Waals surface area (Å²) in [6, 6.07) is 0.424. The van der Waals surface area contributed by atoms with Gasteiger partial charge in [-0.1, -0.05) is 13.8 Å². The lowest BCUT2D eigenvalue weighted by Crippen LogP contribution is -2.47. The summed E-state index contributed by atoms with van der Waals surface area (Å²) < 4.78 is 10.5. The van der Waals surface area contributed by atoms with Crippen molar-refractivity contribution >= 4 is 0 Å². The molecule has 0 fully saturated rings. The van der Waals surface area contributed by atoms with Crippen molar-refractivity contribution in [3.63, 3.8) is 0 Å². The van der Waals surface area contributed by atoms with Crippen LogP contribution in [0.3, 0.4) is 0 Å². The largest absolute Gasteiger partial charge is 0.383 e. The summed E-state index contributed by atoms with van der Waals surface area (Å²) in [6.07, 6.45) is 1.16. The van der Waals surface area contributed by atoms with E-state index in [4.69, 9.17) is 9.47 Å². The predicted octanol–water partition coefficient (Wildman–Crippen LogP) is 1.61. The molecule has 0 aliphatic rings. The minimum atomic E-state index is 0.296. The van der Waals surface area contributed by atoms with Gasteiger partial charge < -0.3 is 14.8 Å². The van der Waals surface area contributed by atoms with Crippen LogP contribution in [-0.2, 0) is 9.47 Å². The number of rotatable bonds is 11. The van der Waals surface area contributed by atoms with E-state index in [1.54, 1.807) is 14.2 Å². The molecule has 0 rings (SSSR count). The van der Waals surface area contributed by atoms with Gasteiger partial charge in [0.1, 0.15) is 0 Å². The summed E-state index contributed by atoms with van der Waals surface area (Å²) in [6.45, 7) is 11.4. The van der Waals surface area contributed by atoms with E-state index in [2.05, 4.69) is 31.0 Å². The van der Waals surface area contributed by atoms with Gasteiger partial charge >= 0.3 is 0 Å². The quantitative estimate of drug-likeness (QED) is 0.612. The zero-order valence-electron chi connectivity index (χ0n) is 13.1. The van der Waals surface area contributed by atoms with Crippen molar-refractivity contribution in [2.45, 2.75) is 33.2 Å². The first-order chi connectivity index (χ1) is 8.52. The molecule has 0 heterocycles. The Kier molecular flexibility index (Phi) is 9.64. The summed E-state index contributed by atoms with van der Waals surface area (Å²) in [7, 11) is 5.54. The summed E-state index contributed by atoms with van der Waals surface area (Å²) in [5.74, 6) is 0. The standard InChI is InChI=1S/C14H32N2O2/c1-7-14(3,11-15-4)12-16(8-9-17-5)13(2)10-18-6/h13,15H,7-12H2,1-6H3. The maximum Gasteiger partial charge on any atom is 0.0615 e. The van der Waals surface area contributed by atoms with E-state index in [9.17, 15) is 0 Å². The molecule has 0 saturated carbocycles. The van der Waals surface area contributed by atoms with Crippen LogP contribution in [0.4, 0.5) is 0 Å². The van der Waals surface area contributed by atoms with E-state index in [0.29, 0.717) is 11.5 Å². The minimum Gasteiger partial charge on any atom is -0.383 e. The van der Waals surface area contributed by atoms with Crippen molar-refractivity contribution in [1.29, 1.82) is 0 Å². The van der Waals surface area contributed by atoms with Crippen LogP contribution < -0.4 is 5.32 Å². The Hall–Kier alpha value is -0.160. The summed E-state index contributed by atoms with van der Waals surface area (Å²) in [5, 5.41) is 3.30. The van der Waals surface area contributed by atoms with Crippen LogP contribution in [0.5, 0.6) is 0 Å². The Morgan fingerprint density at radius 3 is 2.39 bits per heavy atom. The molecule has 0 bridgehead atoms. The normalized spacial score (nSPS) is 16.8. The average Bonchev–Trinajstić information content (AvgIpc) is 2.35. The van der Waals surface area contributed by atoms with E-state index in [0.717, 1.165) is 39.3 Å². The highest BCUT2D eigenvalue weighted by atomic mass is 16.5. The topological polar surface area (TPSA) is 33.7 Å². The van der Waals surface area contributed by atoms with Crippen LogP contribution in [0.25, 0.3) is 0 Å². The molecular formula is C14H32N2O2. The molecule has 0 aliphatic heterocycles. The van der Waals surface area contributed by atoms with Crippen LogP contribution in [0.2, 0.25) is 0 Å². The van der Waals surface area contributed by atoms with Crippen molar-refractivity contribution in [3.05, 3.63) is 0 Å². The van der Waals surface area contributed by atoms with E-state index in [-0.39, 0.29) is 0 Å². The molecule has 0 amide bonds. The monoisotopic (exact) mass is 260 g/mol. The smallest absolute Gasteiger partial charge is 0.0615 e. The second-order valence-corrected chi connectivity index (χ2v) is 5.46. The third kappa shape index (κ3) is 6.69. The zero-order valence-corrected chi connectivity index (χ0v) is 13.1. The van der Waals surface area contributed by atoms with E-state index >= 15 is 0 Å². The highest BCUT2D eigenvalue weighted by Gasteiger charge is 2.26. The van der Waals surface area contributed by atoms with E-state index in [1.807, 2.05) is 7.05 Å². The van der Waals surface area contributed by atoms with Gasteiger partial charge in [-0.15, -0.1) is 0 Å². The second kappa shape index (κ2) is 9.73. The van der Waals surface area contributed by atoms with Crippen LogP contribution in [0, 0.1) is 5.41 Å². The molecule has 0 aromatic rings. The Balaban J connectivity index is 4.53. The lowest BCUT2D eigenvalue weighted by Gasteiger charge is -2.38. The Morgan fingerprint density at radius 1 is 1.28 bits per heavy atom. The predicted molar refractivity (Wildman–Crippen MR) is 77.1 cm³/mol. The van der Waals surface area contributed by atoms with Gasteiger partial charge in [0.2, 0.25) is 0 Å². The first kappa shape index (κ1) is 17.8. The third-order valence-corrected chi connectivity index (χ3v) is 3.66. The average molecular weight is 260 g/mol. The van der Waals surface area contributed by atoms with Crippen LogP contribution in [-0.4, -0.2) is 65.1 Å². The molecule has 0 radical (unpaired) electrons. The van der Waals surface area contributed by atoms with Gasteiger partial charge in [0.05, 0.1) is 13.2 Å². The van der Waals surface area contributed by atoms with Crippen molar-refractivity contribution in [1.82, 2.24) is 10.2 Å². The molecule has 4 nitrogen and oxygen atoms in total. The molecule has 0 aliphatic carbocycles. The van der Waals surface area contributed by atoms with Crippen molar-refractivity contribution in [3.8, 4) is 0 Å². The van der Waals surface area contributed by atoms with Crippen LogP contribution in [0.15, 0.2) is 0 Å². The van der Waals surface area contributed by atoms with Gasteiger partial charge in [0.15, 0.2) is 0 Å². The lowest BCUT2D eigenvalue weighted by molar-refractivity contribution is 0.0463. The highest BCUT2D eigenvalue weighted by Crippen LogP contribution is 2.22. The fourth-order valence-electron chi connectivity index (χ4n) is 2.22. The van der Waals surface area contributed by atoms with Gasteiger partial charge in [0, 0.05) is 39.9 Å². The number of hydrogen-bond donors (Lipinski definition) is 1. The third-order valence-electron chi connectivity index (χ3n) is 3.66. The molecule has 0 spiro atoms. The molecular weight excluding hydrogens is 228 g/mol. The number of nitrogens with one attached hydrogen (secondary N) is 1. The number of hydrogen-bond acceptors (Lipinski definition) is 4. The molecule has 1 N–H and O–H groups in total. The summed E-state index contributed by atoms with van der Waals surface area (Å²) in [5.41, 5.74) is 0.296. The fourth-order valence-corrected chi connectivity index (χ4v) is 2.22. The zero-order chi connectivity index (χ0) is 14.0. The molecule has 110 valence electrons. The van der Waals surface area contributed by atoms with Crippen molar-refractivity contribution in [2.24, 2.45) is 5.41 Å². The maximum absolute atomic E-state index is 5.27. The highest BCUT2D eigenvalue weighted by molar-refractivity contribution is 4.81. The summed E-state index contributed by atoms with van der Waals surface area (Å²) >= 11 is 0. The Labute approximate surface area is 113 Å². The lowest BCUT2D eigenvalue weighted by atomic mass is 9.86. The first-order valence-electron chi connectivity index (χ1n) is 6.89. The number of nitrogens with zero attached hydrogens (tertiary/aromatic N) is 1. The Morgan fingerprint density at radius 2 is 1.94 bits per heavy atom. The summed E-state index contributed by atoms with van der Waals surface area (Å²) in [4.78, 5) is 2.47. The molecule has 0 aromatic heterocycles. The van der Waals surface area contributed by atoms with E-state index < -0.39 is 0 Å². The second-order valence-electron chi connectivity index (χ2n) is 5.46. The van der Waals surface area contributed by atoms with Crippen LogP contribution >= 0.6 is 0 Å². The van der Waals surface area contributed by atoms with Gasteiger partial charge in [0.25, 0.3) is 0 Å². The SMILES string of the molecule is CCC(C)(CNC)CN(CCOC)C(C)COC. The van der Waals surface area contributed by atoms with Crippen molar-refractivity contribution in [2.75, 3.05) is 54.1 Å². The van der Waals surface area contributed by atoms with E-state index in [1.165, 1.54) is 0 Å². The number of ether oxygens (including phenoxy) is 2. The molecule has 0 saturated heterocycles.